The summed E-state index contributed by atoms with van der Waals surface area (Å²) >= 11 is 0. The number of phenols is 2. The number of para-hydroxylation sites is 1. The van der Waals surface area contributed by atoms with Crippen LogP contribution in [0, 0.1) is 0 Å². The van der Waals surface area contributed by atoms with E-state index in [-0.39, 0.29) is 22.3 Å². The molecular weight excluding hydrogens is 230 g/mol. The second-order valence-corrected chi connectivity index (χ2v) is 4.26. The number of aryl methyl sites for hydroxylation is 1. The Balaban J connectivity index is 2.72. The second-order valence-electron chi connectivity index (χ2n) is 4.26. The first-order valence-electron chi connectivity index (χ1n) is 5.53. The van der Waals surface area contributed by atoms with E-state index in [0.717, 1.165) is 5.52 Å². The first kappa shape index (κ1) is 10.7. The monoisotopic (exact) mass is 241 g/mol. The lowest BCUT2D eigenvalue weighted by Gasteiger charge is -2.11. The van der Waals surface area contributed by atoms with Gasteiger partial charge in [-0.05, 0) is 12.1 Å². The molecule has 2 aromatic carbocycles. The molecular formula is C14H11NO3. The van der Waals surface area contributed by atoms with E-state index >= 15 is 0 Å². The zero-order valence-corrected chi connectivity index (χ0v) is 9.71. The third kappa shape index (κ3) is 1.29. The number of hydrogen-bond donors (Lipinski definition) is 2. The topological polar surface area (TPSA) is 62.5 Å². The summed E-state index contributed by atoms with van der Waals surface area (Å²) in [6.45, 7) is 0. The van der Waals surface area contributed by atoms with Crippen LogP contribution in [0.25, 0.3) is 21.8 Å². The van der Waals surface area contributed by atoms with Crippen LogP contribution >= 0.6 is 0 Å². The van der Waals surface area contributed by atoms with Gasteiger partial charge in [-0.3, -0.25) is 4.79 Å². The quantitative estimate of drug-likeness (QED) is 0.592. The van der Waals surface area contributed by atoms with Crippen LogP contribution in [-0.2, 0) is 7.05 Å². The maximum Gasteiger partial charge on any atom is 0.200 e. The molecule has 2 N–H and O–H groups in total. The molecule has 0 aliphatic rings. The molecule has 0 saturated carbocycles. The Bertz CT molecular complexity index is 834. The van der Waals surface area contributed by atoms with E-state index in [4.69, 9.17) is 0 Å². The highest BCUT2D eigenvalue weighted by Crippen LogP contribution is 2.29. The fourth-order valence-electron chi connectivity index (χ4n) is 2.32. The second kappa shape index (κ2) is 3.50. The third-order valence-corrected chi connectivity index (χ3v) is 3.18. The van der Waals surface area contributed by atoms with Crippen molar-refractivity contribution in [3.8, 4) is 11.5 Å². The fraction of sp³-hybridized carbons (Fsp3) is 0.0714. The Morgan fingerprint density at radius 2 is 1.78 bits per heavy atom. The summed E-state index contributed by atoms with van der Waals surface area (Å²) < 4.78 is 1.78. The molecule has 0 aliphatic carbocycles. The molecule has 0 amide bonds. The molecule has 1 aromatic heterocycles. The number of phenolic OH excluding ortho intramolecular Hbond substituents is 2. The normalized spacial score (nSPS) is 11.2. The molecule has 0 unspecified atom stereocenters. The molecule has 0 aliphatic heterocycles. The molecule has 0 atom stereocenters. The highest BCUT2D eigenvalue weighted by atomic mass is 16.3. The smallest absolute Gasteiger partial charge is 0.200 e. The lowest BCUT2D eigenvalue weighted by Crippen LogP contribution is -2.09. The molecule has 1 heterocycles. The van der Waals surface area contributed by atoms with Gasteiger partial charge in [0.2, 0.25) is 5.43 Å². The van der Waals surface area contributed by atoms with Gasteiger partial charge in [-0.1, -0.05) is 12.1 Å². The number of aromatic hydroxyl groups is 2. The van der Waals surface area contributed by atoms with Gasteiger partial charge >= 0.3 is 0 Å². The highest BCUT2D eigenvalue weighted by Gasteiger charge is 2.12. The van der Waals surface area contributed by atoms with Crippen molar-refractivity contribution in [1.29, 1.82) is 0 Å². The number of pyridine rings is 1. The first-order chi connectivity index (χ1) is 8.59. The predicted molar refractivity (Wildman–Crippen MR) is 70.0 cm³/mol. The lowest BCUT2D eigenvalue weighted by atomic mass is 10.1. The predicted octanol–water partition coefficient (Wildman–Crippen LogP) is 2.10. The Morgan fingerprint density at radius 3 is 2.56 bits per heavy atom. The van der Waals surface area contributed by atoms with Crippen molar-refractivity contribution in [1.82, 2.24) is 4.57 Å². The van der Waals surface area contributed by atoms with Crippen LogP contribution in [0.5, 0.6) is 11.5 Å². The minimum Gasteiger partial charge on any atom is -0.508 e. The molecule has 3 rings (SSSR count). The summed E-state index contributed by atoms with van der Waals surface area (Å²) in [7, 11) is 1.79. The Hall–Kier alpha value is -2.49. The summed E-state index contributed by atoms with van der Waals surface area (Å²) in [5.41, 5.74) is 1.05. The SMILES string of the molecule is Cn1c2ccccc2c(=O)c2c(O)cc(O)cc21. The summed E-state index contributed by atoms with van der Waals surface area (Å²) in [5.74, 6) is -0.262. The van der Waals surface area contributed by atoms with Gasteiger partial charge in [-0.25, -0.2) is 0 Å². The molecule has 90 valence electrons. The zero-order chi connectivity index (χ0) is 12.9. The van der Waals surface area contributed by atoms with Gasteiger partial charge in [0.1, 0.15) is 11.5 Å². The largest absolute Gasteiger partial charge is 0.508 e. The molecule has 0 saturated heterocycles. The number of hydrogen-bond acceptors (Lipinski definition) is 3. The lowest BCUT2D eigenvalue weighted by molar-refractivity contribution is 0.454. The van der Waals surface area contributed by atoms with Gasteiger partial charge in [0.25, 0.3) is 0 Å². The zero-order valence-electron chi connectivity index (χ0n) is 9.71. The number of rotatable bonds is 0. The van der Waals surface area contributed by atoms with Crippen LogP contribution < -0.4 is 5.43 Å². The van der Waals surface area contributed by atoms with Crippen LogP contribution in [0.15, 0.2) is 41.2 Å². The van der Waals surface area contributed by atoms with Crippen LogP contribution in [0.3, 0.4) is 0 Å². The van der Waals surface area contributed by atoms with Crippen molar-refractivity contribution in [2.75, 3.05) is 0 Å². The average Bonchev–Trinajstić information content (AvgIpc) is 2.35. The van der Waals surface area contributed by atoms with Crippen molar-refractivity contribution in [2.45, 2.75) is 0 Å². The van der Waals surface area contributed by atoms with E-state index in [0.29, 0.717) is 10.9 Å². The van der Waals surface area contributed by atoms with Gasteiger partial charge in [0.15, 0.2) is 0 Å². The number of aromatic nitrogens is 1. The van der Waals surface area contributed by atoms with E-state index in [1.165, 1.54) is 12.1 Å². The van der Waals surface area contributed by atoms with Crippen LogP contribution in [0.1, 0.15) is 0 Å². The van der Waals surface area contributed by atoms with Gasteiger partial charge in [-0.2, -0.15) is 0 Å². The minimum absolute atomic E-state index is 0.0646. The Morgan fingerprint density at radius 1 is 1.06 bits per heavy atom. The van der Waals surface area contributed by atoms with E-state index in [2.05, 4.69) is 0 Å². The number of benzene rings is 2. The summed E-state index contributed by atoms with van der Waals surface area (Å²) in [4.78, 5) is 12.3. The molecule has 0 bridgehead atoms. The molecule has 3 aromatic rings. The van der Waals surface area contributed by atoms with E-state index in [1.54, 1.807) is 23.7 Å². The standard InChI is InChI=1S/C14H11NO3/c1-15-10-5-3-2-4-9(10)14(18)13-11(15)6-8(16)7-12(13)17/h2-7,16-17H,1H3. The van der Waals surface area contributed by atoms with Gasteiger partial charge in [0.05, 0.1) is 16.4 Å². The van der Waals surface area contributed by atoms with Crippen molar-refractivity contribution in [3.05, 3.63) is 46.6 Å². The summed E-state index contributed by atoms with van der Waals surface area (Å²) in [6, 6.07) is 9.84. The molecule has 0 radical (unpaired) electrons. The first-order valence-corrected chi connectivity index (χ1v) is 5.53. The maximum atomic E-state index is 12.3. The van der Waals surface area contributed by atoms with Crippen LogP contribution in [0.4, 0.5) is 0 Å². The third-order valence-electron chi connectivity index (χ3n) is 3.18. The van der Waals surface area contributed by atoms with E-state index in [9.17, 15) is 15.0 Å². The Labute approximate surface area is 102 Å². The molecule has 0 spiro atoms. The number of nitrogens with zero attached hydrogens (tertiary/aromatic N) is 1. The average molecular weight is 241 g/mol. The fourth-order valence-corrected chi connectivity index (χ4v) is 2.32. The van der Waals surface area contributed by atoms with Gasteiger partial charge in [0, 0.05) is 24.6 Å². The van der Waals surface area contributed by atoms with E-state index in [1.807, 2.05) is 12.1 Å². The van der Waals surface area contributed by atoms with Gasteiger partial charge in [-0.15, -0.1) is 0 Å². The molecule has 4 nitrogen and oxygen atoms in total. The van der Waals surface area contributed by atoms with Gasteiger partial charge < -0.3 is 14.8 Å². The Kier molecular flexibility index (Phi) is 2.07. The van der Waals surface area contributed by atoms with Crippen molar-refractivity contribution in [2.24, 2.45) is 7.05 Å². The molecule has 4 heteroatoms. The van der Waals surface area contributed by atoms with Crippen molar-refractivity contribution >= 4 is 21.8 Å². The number of fused-ring (bicyclic) bond motifs is 2. The van der Waals surface area contributed by atoms with Crippen LogP contribution in [-0.4, -0.2) is 14.8 Å². The maximum absolute atomic E-state index is 12.3. The molecule has 0 fully saturated rings. The van der Waals surface area contributed by atoms with E-state index < -0.39 is 0 Å². The summed E-state index contributed by atoms with van der Waals surface area (Å²) in [6.07, 6.45) is 0. The van der Waals surface area contributed by atoms with Crippen LogP contribution in [0.2, 0.25) is 0 Å². The summed E-state index contributed by atoms with van der Waals surface area (Å²) in [5, 5.41) is 20.1. The minimum atomic E-state index is -0.226. The van der Waals surface area contributed by atoms with Crippen molar-refractivity contribution < 1.29 is 10.2 Å². The van der Waals surface area contributed by atoms with Crippen molar-refractivity contribution in [3.63, 3.8) is 0 Å². The highest BCUT2D eigenvalue weighted by molar-refractivity contribution is 5.97. The molecule has 18 heavy (non-hydrogen) atoms.